The molecule has 1 rings (SSSR count). The van der Waals surface area contributed by atoms with Gasteiger partial charge in [0.25, 0.3) is 5.91 Å². The monoisotopic (exact) mass is 235 g/mol. The first kappa shape index (κ1) is 13.2. The Morgan fingerprint density at radius 3 is 2.53 bits per heavy atom. The van der Waals surface area contributed by atoms with Gasteiger partial charge in [-0.05, 0) is 31.7 Å². The van der Waals surface area contributed by atoms with Crippen molar-refractivity contribution < 1.29 is 9.59 Å². The third-order valence-electron chi connectivity index (χ3n) is 2.42. The highest BCUT2D eigenvalue weighted by molar-refractivity contribution is 5.99. The molecule has 0 spiro atoms. The summed E-state index contributed by atoms with van der Waals surface area (Å²) in [5, 5.41) is 8.08. The molecule has 0 radical (unpaired) electrons. The van der Waals surface area contributed by atoms with Gasteiger partial charge in [0.2, 0.25) is 5.91 Å². The SMILES string of the molecule is CNCC(=O)Nc1cccc(C(=O)NC)c1C. The van der Waals surface area contributed by atoms with Crippen molar-refractivity contribution >= 4 is 17.5 Å². The Morgan fingerprint density at radius 2 is 1.94 bits per heavy atom. The van der Waals surface area contributed by atoms with Crippen molar-refractivity contribution in [2.24, 2.45) is 0 Å². The van der Waals surface area contributed by atoms with E-state index < -0.39 is 0 Å². The minimum Gasteiger partial charge on any atom is -0.355 e. The molecule has 0 aliphatic carbocycles. The average molecular weight is 235 g/mol. The van der Waals surface area contributed by atoms with E-state index in [9.17, 15) is 9.59 Å². The molecule has 0 fully saturated rings. The minimum atomic E-state index is -0.160. The van der Waals surface area contributed by atoms with Gasteiger partial charge in [0, 0.05) is 18.3 Å². The van der Waals surface area contributed by atoms with Crippen LogP contribution >= 0.6 is 0 Å². The summed E-state index contributed by atoms with van der Waals surface area (Å²) in [6.07, 6.45) is 0. The predicted octanol–water partition coefficient (Wildman–Crippen LogP) is 0.513. The van der Waals surface area contributed by atoms with Gasteiger partial charge in [0.15, 0.2) is 0 Å². The fraction of sp³-hybridized carbons (Fsp3) is 0.333. The van der Waals surface area contributed by atoms with E-state index in [0.29, 0.717) is 11.3 Å². The molecule has 2 amide bonds. The van der Waals surface area contributed by atoms with Gasteiger partial charge in [-0.1, -0.05) is 6.07 Å². The lowest BCUT2D eigenvalue weighted by molar-refractivity contribution is -0.115. The van der Waals surface area contributed by atoms with Gasteiger partial charge in [0.1, 0.15) is 0 Å². The van der Waals surface area contributed by atoms with Gasteiger partial charge in [-0.15, -0.1) is 0 Å². The molecule has 1 aromatic carbocycles. The highest BCUT2D eigenvalue weighted by Crippen LogP contribution is 2.18. The van der Waals surface area contributed by atoms with Crippen LogP contribution in [0.2, 0.25) is 0 Å². The molecule has 3 N–H and O–H groups in total. The molecule has 0 unspecified atom stereocenters. The Bertz CT molecular complexity index is 430. The molecule has 92 valence electrons. The zero-order chi connectivity index (χ0) is 12.8. The van der Waals surface area contributed by atoms with Crippen molar-refractivity contribution in [3.63, 3.8) is 0 Å². The van der Waals surface area contributed by atoms with E-state index in [0.717, 1.165) is 5.56 Å². The van der Waals surface area contributed by atoms with Crippen LogP contribution in [0.3, 0.4) is 0 Å². The Kier molecular flexibility index (Phi) is 4.66. The lowest BCUT2D eigenvalue weighted by Crippen LogP contribution is -2.26. The first-order valence-electron chi connectivity index (χ1n) is 5.36. The summed E-state index contributed by atoms with van der Waals surface area (Å²) in [4.78, 5) is 23.0. The number of hydrogen-bond donors (Lipinski definition) is 3. The fourth-order valence-electron chi connectivity index (χ4n) is 1.51. The molecule has 0 saturated heterocycles. The summed E-state index contributed by atoms with van der Waals surface area (Å²) in [6, 6.07) is 5.24. The lowest BCUT2D eigenvalue weighted by Gasteiger charge is -2.11. The molecule has 1 aromatic rings. The molecule has 5 heteroatoms. The summed E-state index contributed by atoms with van der Waals surface area (Å²) in [5.41, 5.74) is 1.98. The van der Waals surface area contributed by atoms with E-state index in [1.54, 1.807) is 39.2 Å². The number of benzene rings is 1. The fourth-order valence-corrected chi connectivity index (χ4v) is 1.51. The second-order valence-electron chi connectivity index (χ2n) is 3.64. The Hall–Kier alpha value is -1.88. The number of carbonyl (C=O) groups is 2. The number of rotatable bonds is 4. The molecular weight excluding hydrogens is 218 g/mol. The summed E-state index contributed by atoms with van der Waals surface area (Å²) >= 11 is 0. The van der Waals surface area contributed by atoms with E-state index >= 15 is 0 Å². The van der Waals surface area contributed by atoms with Crippen molar-refractivity contribution in [2.75, 3.05) is 26.0 Å². The quantitative estimate of drug-likeness (QED) is 0.712. The predicted molar refractivity (Wildman–Crippen MR) is 67.1 cm³/mol. The van der Waals surface area contributed by atoms with E-state index in [1.165, 1.54) is 0 Å². The van der Waals surface area contributed by atoms with Crippen LogP contribution in [-0.4, -0.2) is 32.5 Å². The summed E-state index contributed by atoms with van der Waals surface area (Å²) in [6.45, 7) is 2.04. The van der Waals surface area contributed by atoms with Crippen LogP contribution in [0.25, 0.3) is 0 Å². The van der Waals surface area contributed by atoms with E-state index in [2.05, 4.69) is 16.0 Å². The molecule has 0 heterocycles. The summed E-state index contributed by atoms with van der Waals surface area (Å²) < 4.78 is 0. The van der Waals surface area contributed by atoms with Crippen molar-refractivity contribution in [1.29, 1.82) is 0 Å². The molecular formula is C12H17N3O2. The average Bonchev–Trinajstić information content (AvgIpc) is 2.31. The zero-order valence-electron chi connectivity index (χ0n) is 10.3. The molecule has 0 aliphatic heterocycles. The van der Waals surface area contributed by atoms with Gasteiger partial charge < -0.3 is 16.0 Å². The molecule has 17 heavy (non-hydrogen) atoms. The van der Waals surface area contributed by atoms with Gasteiger partial charge in [-0.3, -0.25) is 9.59 Å². The smallest absolute Gasteiger partial charge is 0.251 e. The van der Waals surface area contributed by atoms with Crippen molar-refractivity contribution in [1.82, 2.24) is 10.6 Å². The van der Waals surface area contributed by atoms with E-state index in [1.807, 2.05) is 0 Å². The molecule has 0 saturated carbocycles. The van der Waals surface area contributed by atoms with Crippen LogP contribution in [0.15, 0.2) is 18.2 Å². The Balaban J connectivity index is 2.94. The van der Waals surface area contributed by atoms with E-state index in [4.69, 9.17) is 0 Å². The van der Waals surface area contributed by atoms with Crippen LogP contribution in [-0.2, 0) is 4.79 Å². The minimum absolute atomic E-state index is 0.135. The maximum atomic E-state index is 11.6. The Morgan fingerprint density at radius 1 is 1.24 bits per heavy atom. The molecule has 5 nitrogen and oxygen atoms in total. The molecule has 0 aromatic heterocycles. The van der Waals surface area contributed by atoms with E-state index in [-0.39, 0.29) is 18.4 Å². The maximum Gasteiger partial charge on any atom is 0.251 e. The number of nitrogens with one attached hydrogen (secondary N) is 3. The van der Waals surface area contributed by atoms with Crippen LogP contribution in [0.4, 0.5) is 5.69 Å². The molecule has 0 aliphatic rings. The second-order valence-corrected chi connectivity index (χ2v) is 3.64. The summed E-state index contributed by atoms with van der Waals surface area (Å²) in [7, 11) is 3.28. The van der Waals surface area contributed by atoms with Gasteiger partial charge in [-0.2, -0.15) is 0 Å². The van der Waals surface area contributed by atoms with Crippen LogP contribution in [0.1, 0.15) is 15.9 Å². The normalized spacial score (nSPS) is 9.82. The Labute approximate surface area is 101 Å². The van der Waals surface area contributed by atoms with Gasteiger partial charge in [-0.25, -0.2) is 0 Å². The first-order chi connectivity index (χ1) is 8.10. The van der Waals surface area contributed by atoms with Gasteiger partial charge >= 0.3 is 0 Å². The number of likely N-dealkylation sites (N-methyl/N-ethyl adjacent to an activating group) is 1. The first-order valence-corrected chi connectivity index (χ1v) is 5.36. The van der Waals surface area contributed by atoms with Crippen molar-refractivity contribution in [3.05, 3.63) is 29.3 Å². The highest BCUT2D eigenvalue weighted by Gasteiger charge is 2.11. The van der Waals surface area contributed by atoms with Crippen LogP contribution in [0, 0.1) is 6.92 Å². The largest absolute Gasteiger partial charge is 0.355 e. The topological polar surface area (TPSA) is 70.2 Å². The molecule has 0 atom stereocenters. The second kappa shape index (κ2) is 6.00. The van der Waals surface area contributed by atoms with Crippen molar-refractivity contribution in [2.45, 2.75) is 6.92 Å². The highest BCUT2D eigenvalue weighted by atomic mass is 16.2. The number of hydrogen-bond acceptors (Lipinski definition) is 3. The summed E-state index contributed by atoms with van der Waals surface area (Å²) in [5.74, 6) is -0.295. The van der Waals surface area contributed by atoms with Crippen molar-refractivity contribution in [3.8, 4) is 0 Å². The third-order valence-corrected chi connectivity index (χ3v) is 2.42. The number of carbonyl (C=O) groups excluding carboxylic acids is 2. The lowest BCUT2D eigenvalue weighted by atomic mass is 10.1. The molecule has 0 bridgehead atoms. The standard InChI is InChI=1S/C12H17N3O2/c1-8-9(12(17)14-3)5-4-6-10(8)15-11(16)7-13-2/h4-6,13H,7H2,1-3H3,(H,14,17)(H,15,16). The van der Waals surface area contributed by atoms with Crippen LogP contribution < -0.4 is 16.0 Å². The maximum absolute atomic E-state index is 11.6. The number of anilines is 1. The van der Waals surface area contributed by atoms with Crippen LogP contribution in [0.5, 0.6) is 0 Å². The zero-order valence-corrected chi connectivity index (χ0v) is 10.3. The number of amides is 2. The van der Waals surface area contributed by atoms with Gasteiger partial charge in [0.05, 0.1) is 6.54 Å². The third kappa shape index (κ3) is 3.29.